The molecule has 0 aromatic heterocycles. The molecule has 0 bridgehead atoms. The third-order valence-corrected chi connectivity index (χ3v) is 11.6. The van der Waals surface area contributed by atoms with Gasteiger partial charge in [0, 0.05) is 5.92 Å². The minimum Gasteiger partial charge on any atom is -0.465 e. The van der Waals surface area contributed by atoms with Crippen LogP contribution in [0, 0.1) is 11.3 Å². The highest BCUT2D eigenvalue weighted by Gasteiger charge is 2.43. The third kappa shape index (κ3) is 10.4. The van der Waals surface area contributed by atoms with E-state index in [4.69, 9.17) is 13.9 Å². The summed E-state index contributed by atoms with van der Waals surface area (Å²) in [4.78, 5) is 11.9. The zero-order valence-corrected chi connectivity index (χ0v) is 25.7. The molecule has 1 aliphatic rings. The monoisotopic (exact) mass is 590 g/mol. The largest absolute Gasteiger partial charge is 0.465 e. The van der Waals surface area contributed by atoms with Crippen molar-refractivity contribution in [1.82, 2.24) is 0 Å². The van der Waals surface area contributed by atoms with E-state index in [1.165, 1.54) is 0 Å². The number of hydrogen-bond acceptors (Lipinski definition) is 4. The fourth-order valence-corrected chi connectivity index (χ4v) is 5.08. The molecule has 0 amide bonds. The van der Waals surface area contributed by atoms with E-state index in [0.29, 0.717) is 13.0 Å². The Morgan fingerprint density at radius 2 is 1.79 bits per heavy atom. The number of ether oxygens (including phenoxy) is 2. The summed E-state index contributed by atoms with van der Waals surface area (Å²) in [5.41, 5.74) is 0.699. The maximum absolute atomic E-state index is 11.9. The minimum atomic E-state index is -1.87. The average molecular weight is 591 g/mol. The van der Waals surface area contributed by atoms with E-state index < -0.39 is 13.7 Å². The summed E-state index contributed by atoms with van der Waals surface area (Å²) < 4.78 is 20.8. The van der Waals surface area contributed by atoms with Crippen LogP contribution in [0.5, 0.6) is 0 Å². The first-order valence-corrected chi connectivity index (χ1v) is 16.3. The predicted molar refractivity (Wildman–Crippen MR) is 150 cm³/mol. The Kier molecular flexibility index (Phi) is 12.1. The van der Waals surface area contributed by atoms with Gasteiger partial charge in [-0.2, -0.15) is 0 Å². The Morgan fingerprint density at radius 1 is 1.15 bits per heavy atom. The summed E-state index contributed by atoms with van der Waals surface area (Å²) in [6, 6.07) is 0. The number of allylic oxidation sites excluding steroid dienone is 2. The highest BCUT2D eigenvalue weighted by atomic mass is 127. The van der Waals surface area contributed by atoms with Crippen molar-refractivity contribution in [3.63, 3.8) is 0 Å². The summed E-state index contributed by atoms with van der Waals surface area (Å²) in [5.74, 6) is 0.127. The first kappa shape index (κ1) is 30.6. The number of hydrogen-bond donors (Lipinski definition) is 0. The Morgan fingerprint density at radius 3 is 2.33 bits per heavy atom. The van der Waals surface area contributed by atoms with Crippen molar-refractivity contribution in [3.8, 4) is 0 Å². The molecule has 1 aliphatic heterocycles. The van der Waals surface area contributed by atoms with E-state index >= 15 is 0 Å². The van der Waals surface area contributed by atoms with Crippen LogP contribution in [0.1, 0.15) is 74.7 Å². The lowest BCUT2D eigenvalue weighted by Gasteiger charge is -2.46. The number of carbonyl (C=O) groups is 1. The van der Waals surface area contributed by atoms with Crippen LogP contribution in [0.15, 0.2) is 34.0 Å². The van der Waals surface area contributed by atoms with Crippen LogP contribution >= 0.6 is 22.6 Å². The third-order valence-electron chi connectivity index (χ3n) is 6.63. The van der Waals surface area contributed by atoms with E-state index in [9.17, 15) is 4.79 Å². The second-order valence-electron chi connectivity index (χ2n) is 11.8. The molecular formula is C27H47IO4Si. The van der Waals surface area contributed by atoms with Gasteiger partial charge in [0.15, 0.2) is 8.32 Å². The molecule has 4 nitrogen and oxygen atoms in total. The van der Waals surface area contributed by atoms with E-state index in [0.717, 1.165) is 18.4 Å². The fourth-order valence-electron chi connectivity index (χ4n) is 3.36. The normalized spacial score (nSPS) is 25.7. The number of rotatable bonds is 9. The smallest absolute Gasteiger partial charge is 0.311 e. The highest BCUT2D eigenvalue weighted by molar-refractivity contribution is 14.1. The van der Waals surface area contributed by atoms with Crippen molar-refractivity contribution >= 4 is 36.9 Å². The second kappa shape index (κ2) is 13.0. The van der Waals surface area contributed by atoms with Crippen molar-refractivity contribution in [2.75, 3.05) is 6.61 Å². The van der Waals surface area contributed by atoms with Crippen LogP contribution in [0.3, 0.4) is 0 Å². The van der Waals surface area contributed by atoms with Gasteiger partial charge in [0.25, 0.3) is 0 Å². The van der Waals surface area contributed by atoms with Crippen molar-refractivity contribution in [3.05, 3.63) is 34.0 Å². The molecule has 0 saturated carbocycles. The lowest BCUT2D eigenvalue weighted by molar-refractivity contribution is -0.152. The van der Waals surface area contributed by atoms with Gasteiger partial charge in [-0.3, -0.25) is 4.79 Å². The molecule has 6 heteroatoms. The molecule has 1 heterocycles. The zero-order valence-electron chi connectivity index (χ0n) is 22.5. The first-order valence-electron chi connectivity index (χ1n) is 12.2. The van der Waals surface area contributed by atoms with Crippen LogP contribution in [0.2, 0.25) is 18.1 Å². The molecule has 1 saturated heterocycles. The van der Waals surface area contributed by atoms with E-state index in [1.807, 2.05) is 20.8 Å². The minimum absolute atomic E-state index is 0.0181. The molecule has 0 unspecified atom stereocenters. The van der Waals surface area contributed by atoms with Crippen LogP contribution in [-0.4, -0.2) is 39.2 Å². The second-order valence-corrected chi connectivity index (χ2v) is 17.3. The molecule has 0 N–H and O–H groups in total. The quantitative estimate of drug-likeness (QED) is 0.0898. The molecule has 0 aromatic carbocycles. The molecule has 0 radical (unpaired) electrons. The molecule has 33 heavy (non-hydrogen) atoms. The van der Waals surface area contributed by atoms with Gasteiger partial charge in [0.05, 0.1) is 30.3 Å². The van der Waals surface area contributed by atoms with Crippen LogP contribution in [0.4, 0.5) is 0 Å². The van der Waals surface area contributed by atoms with E-state index in [2.05, 4.69) is 98.7 Å². The zero-order chi connectivity index (χ0) is 25.4. The van der Waals surface area contributed by atoms with Crippen molar-refractivity contribution in [2.45, 2.75) is 111 Å². The lowest BCUT2D eigenvalue weighted by Crippen LogP contribution is -2.51. The van der Waals surface area contributed by atoms with Gasteiger partial charge in [-0.25, -0.2) is 0 Å². The Bertz CT molecular complexity index is 713. The Labute approximate surface area is 217 Å². The van der Waals surface area contributed by atoms with Gasteiger partial charge < -0.3 is 13.9 Å². The molecule has 0 aliphatic carbocycles. The lowest BCUT2D eigenvalue weighted by atomic mass is 9.88. The SMILES string of the molecule is CC(=C/[C@@H]1O[C@H](C/C=C/I)C[C@@H](O[Si](C)(C)C(C)(C)C)[C@@H]1C)/C=C/CCOC(=O)C(C)(C)C. The number of esters is 1. The maximum atomic E-state index is 11.9. The van der Waals surface area contributed by atoms with Gasteiger partial charge in [0.1, 0.15) is 0 Å². The molecule has 1 rings (SSSR count). The summed E-state index contributed by atoms with van der Waals surface area (Å²) in [6.45, 7) is 21.9. The summed E-state index contributed by atoms with van der Waals surface area (Å²) in [6.07, 6.45) is 11.5. The van der Waals surface area contributed by atoms with E-state index in [1.54, 1.807) is 0 Å². The van der Waals surface area contributed by atoms with Gasteiger partial charge in [-0.1, -0.05) is 80.2 Å². The van der Waals surface area contributed by atoms with Crippen molar-refractivity contribution in [2.24, 2.45) is 11.3 Å². The van der Waals surface area contributed by atoms with Crippen LogP contribution in [0.25, 0.3) is 0 Å². The number of carbonyl (C=O) groups excluding carboxylic acids is 1. The highest BCUT2D eigenvalue weighted by Crippen LogP contribution is 2.41. The molecular weight excluding hydrogens is 543 g/mol. The summed E-state index contributed by atoms with van der Waals surface area (Å²) in [7, 11) is -1.87. The molecule has 190 valence electrons. The van der Waals surface area contributed by atoms with Gasteiger partial charge in [-0.05, 0) is 69.2 Å². The summed E-state index contributed by atoms with van der Waals surface area (Å²) in [5, 5.41) is 0.184. The molecule has 0 aromatic rings. The predicted octanol–water partition coefficient (Wildman–Crippen LogP) is 7.99. The fraction of sp³-hybridized carbons (Fsp3) is 0.741. The topological polar surface area (TPSA) is 44.8 Å². The molecule has 0 spiro atoms. The Hall–Kier alpha value is -0.443. The summed E-state index contributed by atoms with van der Waals surface area (Å²) >= 11 is 2.27. The Balaban J connectivity index is 2.85. The van der Waals surface area contributed by atoms with Gasteiger partial charge in [-0.15, -0.1) is 0 Å². The van der Waals surface area contributed by atoms with Crippen molar-refractivity contribution < 1.29 is 18.7 Å². The van der Waals surface area contributed by atoms with Gasteiger partial charge in [0.2, 0.25) is 0 Å². The molecule has 1 fully saturated rings. The first-order chi connectivity index (χ1) is 15.1. The molecule has 4 atom stereocenters. The van der Waals surface area contributed by atoms with E-state index in [-0.39, 0.29) is 35.2 Å². The van der Waals surface area contributed by atoms with Gasteiger partial charge >= 0.3 is 5.97 Å². The van der Waals surface area contributed by atoms with Crippen LogP contribution < -0.4 is 0 Å². The number of halogens is 1. The van der Waals surface area contributed by atoms with Crippen LogP contribution in [-0.2, 0) is 18.7 Å². The standard InChI is InChI=1S/C27H47IO4Si/c1-20(14-11-12-17-30-25(29)26(3,4)5)18-23-21(2)24(19-22(31-23)15-13-16-28)32-33(9,10)27(6,7)8/h11,13-14,16,18,21-24H,12,15,17,19H2,1-10H3/b14-11+,16-13+,20-18-/t21-,22-,23+,24-/m1/s1. The average Bonchev–Trinajstić information content (AvgIpc) is 2.67. The van der Waals surface area contributed by atoms with Crippen molar-refractivity contribution in [1.29, 1.82) is 0 Å². The maximum Gasteiger partial charge on any atom is 0.311 e.